The molecule has 0 spiro atoms. The van der Waals surface area contributed by atoms with Gasteiger partial charge in [-0.1, -0.05) is 27.2 Å². The Kier molecular flexibility index (Phi) is 6.38. The molecule has 86 valence electrons. The topological polar surface area (TPSA) is 40.5 Å². The van der Waals surface area contributed by atoms with Crippen molar-refractivity contribution in [2.24, 2.45) is 5.92 Å². The lowest BCUT2D eigenvalue weighted by molar-refractivity contribution is -0.00273. The van der Waals surface area contributed by atoms with Crippen molar-refractivity contribution < 1.29 is 10.2 Å². The molecule has 0 amide bonds. The van der Waals surface area contributed by atoms with Crippen molar-refractivity contribution in [3.05, 3.63) is 0 Å². The SMILES string of the molecule is CCC(C)CCC(O)CC(C)(O)CC. The molecule has 3 unspecified atom stereocenters. The summed E-state index contributed by atoms with van der Waals surface area (Å²) in [5.41, 5.74) is -0.700. The number of aliphatic hydroxyl groups excluding tert-OH is 1. The molecule has 0 saturated carbocycles. The van der Waals surface area contributed by atoms with Gasteiger partial charge >= 0.3 is 0 Å². The molecule has 3 atom stereocenters. The highest BCUT2D eigenvalue weighted by atomic mass is 16.3. The van der Waals surface area contributed by atoms with E-state index in [4.69, 9.17) is 0 Å². The van der Waals surface area contributed by atoms with E-state index in [9.17, 15) is 10.2 Å². The fourth-order valence-corrected chi connectivity index (χ4v) is 1.44. The van der Waals surface area contributed by atoms with E-state index in [1.807, 2.05) is 6.92 Å². The van der Waals surface area contributed by atoms with Gasteiger partial charge in [0, 0.05) is 6.42 Å². The maximum absolute atomic E-state index is 9.76. The normalized spacial score (nSPS) is 20.1. The van der Waals surface area contributed by atoms with Gasteiger partial charge in [-0.3, -0.25) is 0 Å². The van der Waals surface area contributed by atoms with Crippen LogP contribution in [0.5, 0.6) is 0 Å². The molecular weight excluding hydrogens is 176 g/mol. The molecule has 2 N–H and O–H groups in total. The Hall–Kier alpha value is -0.0800. The van der Waals surface area contributed by atoms with E-state index in [1.165, 1.54) is 0 Å². The minimum absolute atomic E-state index is 0.348. The first-order valence-electron chi connectivity index (χ1n) is 5.81. The minimum Gasteiger partial charge on any atom is -0.393 e. The number of rotatable bonds is 7. The summed E-state index contributed by atoms with van der Waals surface area (Å²) in [5, 5.41) is 19.5. The summed E-state index contributed by atoms with van der Waals surface area (Å²) in [6.07, 6.45) is 3.88. The van der Waals surface area contributed by atoms with E-state index in [2.05, 4.69) is 13.8 Å². The van der Waals surface area contributed by atoms with Gasteiger partial charge in [0.1, 0.15) is 0 Å². The summed E-state index contributed by atoms with van der Waals surface area (Å²) in [5.74, 6) is 0.677. The quantitative estimate of drug-likeness (QED) is 0.666. The maximum Gasteiger partial charge on any atom is 0.0641 e. The lowest BCUT2D eigenvalue weighted by Crippen LogP contribution is -2.29. The van der Waals surface area contributed by atoms with Crippen molar-refractivity contribution in [1.82, 2.24) is 0 Å². The Labute approximate surface area is 88.3 Å². The lowest BCUT2D eigenvalue weighted by Gasteiger charge is -2.25. The molecule has 0 bridgehead atoms. The van der Waals surface area contributed by atoms with Gasteiger partial charge in [0.05, 0.1) is 11.7 Å². The van der Waals surface area contributed by atoms with E-state index >= 15 is 0 Å². The number of aliphatic hydroxyl groups is 2. The molecule has 0 aromatic rings. The summed E-state index contributed by atoms with van der Waals surface area (Å²) in [7, 11) is 0. The monoisotopic (exact) mass is 202 g/mol. The van der Waals surface area contributed by atoms with Gasteiger partial charge in [-0.25, -0.2) is 0 Å². The Bertz CT molecular complexity index is 143. The third kappa shape index (κ3) is 6.39. The van der Waals surface area contributed by atoms with E-state index in [-0.39, 0.29) is 6.10 Å². The summed E-state index contributed by atoms with van der Waals surface area (Å²) >= 11 is 0. The molecular formula is C12H26O2. The third-order valence-corrected chi connectivity index (χ3v) is 3.13. The second kappa shape index (κ2) is 6.41. The third-order valence-electron chi connectivity index (χ3n) is 3.13. The van der Waals surface area contributed by atoms with Crippen molar-refractivity contribution in [1.29, 1.82) is 0 Å². The maximum atomic E-state index is 9.76. The van der Waals surface area contributed by atoms with Crippen LogP contribution >= 0.6 is 0 Å². The molecule has 0 rings (SSSR count). The molecule has 2 heteroatoms. The van der Waals surface area contributed by atoms with Gasteiger partial charge in [0.2, 0.25) is 0 Å². The molecule has 2 nitrogen and oxygen atoms in total. The van der Waals surface area contributed by atoms with Crippen LogP contribution in [0.1, 0.15) is 59.8 Å². The second-order valence-electron chi connectivity index (χ2n) is 4.80. The standard InChI is InChI=1S/C12H26O2/c1-5-10(3)7-8-11(13)9-12(4,14)6-2/h10-11,13-14H,5-9H2,1-4H3. The molecule has 0 radical (unpaired) electrons. The van der Waals surface area contributed by atoms with Crippen molar-refractivity contribution in [2.75, 3.05) is 0 Å². The van der Waals surface area contributed by atoms with Crippen LogP contribution in [0.15, 0.2) is 0 Å². The van der Waals surface area contributed by atoms with E-state index < -0.39 is 5.60 Å². The van der Waals surface area contributed by atoms with E-state index in [0.29, 0.717) is 18.8 Å². The van der Waals surface area contributed by atoms with Crippen molar-refractivity contribution in [3.63, 3.8) is 0 Å². The van der Waals surface area contributed by atoms with Crippen LogP contribution < -0.4 is 0 Å². The first kappa shape index (κ1) is 13.9. The van der Waals surface area contributed by atoms with E-state index in [0.717, 1.165) is 19.3 Å². The van der Waals surface area contributed by atoms with Gasteiger partial charge in [-0.05, 0) is 32.1 Å². The van der Waals surface area contributed by atoms with Gasteiger partial charge in [-0.2, -0.15) is 0 Å². The molecule has 0 fully saturated rings. The molecule has 0 aliphatic rings. The van der Waals surface area contributed by atoms with Gasteiger partial charge in [0.15, 0.2) is 0 Å². The predicted octanol–water partition coefficient (Wildman–Crippen LogP) is 2.72. The summed E-state index contributed by atoms with van der Waals surface area (Å²) in [4.78, 5) is 0. The van der Waals surface area contributed by atoms with Crippen LogP contribution in [0.3, 0.4) is 0 Å². The molecule has 0 aromatic carbocycles. The molecule has 14 heavy (non-hydrogen) atoms. The lowest BCUT2D eigenvalue weighted by atomic mass is 9.91. The largest absolute Gasteiger partial charge is 0.393 e. The van der Waals surface area contributed by atoms with Crippen LogP contribution in [-0.2, 0) is 0 Å². The van der Waals surface area contributed by atoms with Crippen molar-refractivity contribution in [3.8, 4) is 0 Å². The fraction of sp³-hybridized carbons (Fsp3) is 1.00. The zero-order chi connectivity index (χ0) is 11.2. The summed E-state index contributed by atoms with van der Waals surface area (Å²) < 4.78 is 0. The first-order valence-corrected chi connectivity index (χ1v) is 5.81. The van der Waals surface area contributed by atoms with Gasteiger partial charge < -0.3 is 10.2 Å². The van der Waals surface area contributed by atoms with Crippen LogP contribution in [0.4, 0.5) is 0 Å². The van der Waals surface area contributed by atoms with Crippen LogP contribution in [0.25, 0.3) is 0 Å². The summed E-state index contributed by atoms with van der Waals surface area (Å²) in [6, 6.07) is 0. The first-order chi connectivity index (χ1) is 6.41. The zero-order valence-corrected chi connectivity index (χ0v) is 10.1. The smallest absolute Gasteiger partial charge is 0.0641 e. The number of hydrogen-bond donors (Lipinski definition) is 2. The highest BCUT2D eigenvalue weighted by Gasteiger charge is 2.22. The van der Waals surface area contributed by atoms with Crippen LogP contribution in [-0.4, -0.2) is 21.9 Å². The number of hydrogen-bond acceptors (Lipinski definition) is 2. The summed E-state index contributed by atoms with van der Waals surface area (Å²) in [6.45, 7) is 8.10. The van der Waals surface area contributed by atoms with Gasteiger partial charge in [0.25, 0.3) is 0 Å². The highest BCUT2D eigenvalue weighted by molar-refractivity contribution is 4.75. The highest BCUT2D eigenvalue weighted by Crippen LogP contribution is 2.20. The Morgan fingerprint density at radius 3 is 2.21 bits per heavy atom. The molecule has 0 saturated heterocycles. The van der Waals surface area contributed by atoms with Gasteiger partial charge in [-0.15, -0.1) is 0 Å². The molecule has 0 aliphatic carbocycles. The average molecular weight is 202 g/mol. The van der Waals surface area contributed by atoms with Crippen molar-refractivity contribution >= 4 is 0 Å². The Morgan fingerprint density at radius 1 is 1.21 bits per heavy atom. The average Bonchev–Trinajstić information content (AvgIpc) is 2.13. The minimum atomic E-state index is -0.700. The van der Waals surface area contributed by atoms with Crippen LogP contribution in [0.2, 0.25) is 0 Å². The van der Waals surface area contributed by atoms with E-state index in [1.54, 1.807) is 6.92 Å². The molecule has 0 aromatic heterocycles. The predicted molar refractivity (Wildman–Crippen MR) is 60.2 cm³/mol. The Balaban J connectivity index is 3.70. The molecule has 0 aliphatic heterocycles. The fourth-order valence-electron chi connectivity index (χ4n) is 1.44. The molecule has 0 heterocycles. The van der Waals surface area contributed by atoms with Crippen molar-refractivity contribution in [2.45, 2.75) is 71.5 Å². The Morgan fingerprint density at radius 2 is 1.79 bits per heavy atom. The zero-order valence-electron chi connectivity index (χ0n) is 10.1. The second-order valence-corrected chi connectivity index (χ2v) is 4.80. The van der Waals surface area contributed by atoms with Crippen LogP contribution in [0, 0.1) is 5.92 Å².